The van der Waals surface area contributed by atoms with Crippen LogP contribution in [0.3, 0.4) is 0 Å². The van der Waals surface area contributed by atoms with Crippen LogP contribution in [0.15, 0.2) is 77.6 Å². The fourth-order valence-electron chi connectivity index (χ4n) is 4.96. The molecule has 1 aliphatic rings. The number of carbonyl (C=O) groups is 2. The lowest BCUT2D eigenvalue weighted by atomic mass is 10.0. The van der Waals surface area contributed by atoms with Crippen LogP contribution in [-0.2, 0) is 11.3 Å². The van der Waals surface area contributed by atoms with E-state index in [0.717, 1.165) is 5.56 Å². The molecule has 5 rings (SSSR count). The van der Waals surface area contributed by atoms with E-state index in [9.17, 15) is 14.4 Å². The van der Waals surface area contributed by atoms with Crippen LogP contribution in [0.2, 0.25) is 10.0 Å². The SMILES string of the molecule is CCOC(=O)c1c(N2CCN(C(=O)c3ccc(Cl)cc3)CC2)c2cc(Cl)ccc2n(Cc2ccccc2)c1=O. The zero-order chi connectivity index (χ0) is 27.5. The van der Waals surface area contributed by atoms with Crippen LogP contribution in [0, 0.1) is 0 Å². The first-order valence-electron chi connectivity index (χ1n) is 12.7. The highest BCUT2D eigenvalue weighted by Gasteiger charge is 2.30. The van der Waals surface area contributed by atoms with Crippen molar-refractivity contribution in [3.05, 3.63) is 110 Å². The third-order valence-corrected chi connectivity index (χ3v) is 7.32. The molecule has 0 unspecified atom stereocenters. The number of amides is 1. The van der Waals surface area contributed by atoms with E-state index in [4.69, 9.17) is 27.9 Å². The van der Waals surface area contributed by atoms with Crippen molar-refractivity contribution in [2.24, 2.45) is 0 Å². The van der Waals surface area contributed by atoms with E-state index in [1.165, 1.54) is 0 Å². The minimum atomic E-state index is -0.680. The minimum absolute atomic E-state index is 0.0278. The molecule has 2 heterocycles. The second-order valence-corrected chi connectivity index (χ2v) is 10.1. The molecule has 9 heteroatoms. The smallest absolute Gasteiger partial charge is 0.345 e. The molecular formula is C30H27Cl2N3O4. The number of halogens is 2. The van der Waals surface area contributed by atoms with Gasteiger partial charge in [0.05, 0.1) is 24.4 Å². The number of carbonyl (C=O) groups excluding carboxylic acids is 2. The number of anilines is 1. The van der Waals surface area contributed by atoms with Gasteiger partial charge in [0, 0.05) is 47.2 Å². The fraction of sp³-hybridized carbons (Fsp3) is 0.233. The molecule has 0 radical (unpaired) electrons. The van der Waals surface area contributed by atoms with E-state index in [0.29, 0.717) is 58.4 Å². The summed E-state index contributed by atoms with van der Waals surface area (Å²) >= 11 is 12.4. The average Bonchev–Trinajstić information content (AvgIpc) is 2.95. The molecule has 1 fully saturated rings. The number of hydrogen-bond donors (Lipinski definition) is 0. The standard InChI is InChI=1S/C30H27Cl2N3O4/c1-2-39-30(38)26-27(33-14-16-34(17-15-33)28(36)21-8-10-22(31)11-9-21)24-18-23(32)12-13-25(24)35(29(26)37)19-20-6-4-3-5-7-20/h3-13,18H,2,14-17,19H2,1H3. The number of aromatic nitrogens is 1. The van der Waals surface area contributed by atoms with E-state index in [1.54, 1.807) is 58.9 Å². The molecule has 0 aliphatic carbocycles. The van der Waals surface area contributed by atoms with E-state index >= 15 is 0 Å². The molecule has 1 amide bonds. The van der Waals surface area contributed by atoms with Crippen LogP contribution in [0.1, 0.15) is 33.2 Å². The first-order chi connectivity index (χ1) is 18.9. The average molecular weight is 564 g/mol. The summed E-state index contributed by atoms with van der Waals surface area (Å²) in [5.41, 5.74) is 2.17. The molecule has 1 aromatic heterocycles. The van der Waals surface area contributed by atoms with Gasteiger partial charge in [-0.1, -0.05) is 53.5 Å². The Morgan fingerprint density at radius 1 is 0.872 bits per heavy atom. The van der Waals surface area contributed by atoms with Crippen LogP contribution in [0.25, 0.3) is 10.9 Å². The van der Waals surface area contributed by atoms with Crippen molar-refractivity contribution in [3.63, 3.8) is 0 Å². The fourth-order valence-corrected chi connectivity index (χ4v) is 5.26. The highest BCUT2D eigenvalue weighted by molar-refractivity contribution is 6.31. The first kappa shape index (κ1) is 26.8. The van der Waals surface area contributed by atoms with Crippen LogP contribution in [0.5, 0.6) is 0 Å². The van der Waals surface area contributed by atoms with Gasteiger partial charge in [-0.15, -0.1) is 0 Å². The molecule has 200 valence electrons. The van der Waals surface area contributed by atoms with Crippen molar-refractivity contribution in [2.75, 3.05) is 37.7 Å². The van der Waals surface area contributed by atoms with Crippen molar-refractivity contribution in [2.45, 2.75) is 13.5 Å². The van der Waals surface area contributed by atoms with Gasteiger partial charge in [-0.3, -0.25) is 9.59 Å². The van der Waals surface area contributed by atoms with Crippen molar-refractivity contribution < 1.29 is 14.3 Å². The summed E-state index contributed by atoms with van der Waals surface area (Å²) in [6.07, 6.45) is 0. The van der Waals surface area contributed by atoms with Gasteiger partial charge >= 0.3 is 5.97 Å². The Kier molecular flexibility index (Phi) is 7.91. The molecule has 0 bridgehead atoms. The van der Waals surface area contributed by atoms with Gasteiger partial charge in [0.2, 0.25) is 0 Å². The van der Waals surface area contributed by atoms with Crippen molar-refractivity contribution in [3.8, 4) is 0 Å². The van der Waals surface area contributed by atoms with Gasteiger partial charge in [-0.05, 0) is 55.0 Å². The summed E-state index contributed by atoms with van der Waals surface area (Å²) in [7, 11) is 0. The van der Waals surface area contributed by atoms with Crippen molar-refractivity contribution in [1.29, 1.82) is 0 Å². The van der Waals surface area contributed by atoms with Gasteiger partial charge in [-0.25, -0.2) is 4.79 Å². The molecule has 0 saturated carbocycles. The molecule has 1 saturated heterocycles. The number of fused-ring (bicyclic) bond motifs is 1. The monoisotopic (exact) mass is 563 g/mol. The molecule has 3 aromatic carbocycles. The highest BCUT2D eigenvalue weighted by atomic mass is 35.5. The Labute approximate surface area is 236 Å². The summed E-state index contributed by atoms with van der Waals surface area (Å²) in [6, 6.07) is 21.7. The van der Waals surface area contributed by atoms with Crippen molar-refractivity contribution in [1.82, 2.24) is 9.47 Å². The second-order valence-electron chi connectivity index (χ2n) is 9.27. The van der Waals surface area contributed by atoms with Gasteiger partial charge in [0.25, 0.3) is 11.5 Å². The Bertz CT molecular complexity index is 1580. The predicted molar refractivity (Wildman–Crippen MR) is 154 cm³/mol. The Hall–Kier alpha value is -3.81. The predicted octanol–water partition coefficient (Wildman–Crippen LogP) is 5.50. The quantitative estimate of drug-likeness (QED) is 0.290. The van der Waals surface area contributed by atoms with E-state index in [2.05, 4.69) is 0 Å². The van der Waals surface area contributed by atoms with Gasteiger partial charge in [0.15, 0.2) is 0 Å². The van der Waals surface area contributed by atoms with Gasteiger partial charge in [-0.2, -0.15) is 0 Å². The number of benzene rings is 3. The molecule has 0 N–H and O–H groups in total. The summed E-state index contributed by atoms with van der Waals surface area (Å²) < 4.78 is 6.96. The number of piperazine rings is 1. The maximum absolute atomic E-state index is 14.0. The van der Waals surface area contributed by atoms with Crippen LogP contribution < -0.4 is 10.5 Å². The second kappa shape index (κ2) is 11.5. The molecule has 0 atom stereocenters. The summed E-state index contributed by atoms with van der Waals surface area (Å²) in [4.78, 5) is 44.0. The Morgan fingerprint density at radius 3 is 2.21 bits per heavy atom. The van der Waals surface area contributed by atoms with Crippen LogP contribution in [0.4, 0.5) is 5.69 Å². The molecule has 4 aromatic rings. The first-order valence-corrected chi connectivity index (χ1v) is 13.5. The molecule has 0 spiro atoms. The topological polar surface area (TPSA) is 71.8 Å². The zero-order valence-electron chi connectivity index (χ0n) is 21.4. The number of esters is 1. The maximum Gasteiger partial charge on any atom is 0.345 e. The minimum Gasteiger partial charge on any atom is -0.462 e. The van der Waals surface area contributed by atoms with Gasteiger partial charge < -0.3 is 19.1 Å². The van der Waals surface area contributed by atoms with Crippen LogP contribution >= 0.6 is 23.2 Å². The zero-order valence-corrected chi connectivity index (χ0v) is 22.9. The van der Waals surface area contributed by atoms with Crippen LogP contribution in [-0.4, -0.2) is 54.1 Å². The maximum atomic E-state index is 14.0. The number of hydrogen-bond acceptors (Lipinski definition) is 5. The molecule has 7 nitrogen and oxygen atoms in total. The highest BCUT2D eigenvalue weighted by Crippen LogP contribution is 2.33. The molecular weight excluding hydrogens is 537 g/mol. The number of rotatable bonds is 6. The Morgan fingerprint density at radius 2 is 1.54 bits per heavy atom. The van der Waals surface area contributed by atoms with Crippen molar-refractivity contribution >= 4 is 51.7 Å². The number of nitrogens with zero attached hydrogens (tertiary/aromatic N) is 3. The number of pyridine rings is 1. The lowest BCUT2D eigenvalue weighted by Gasteiger charge is -2.37. The van der Waals surface area contributed by atoms with E-state index in [-0.39, 0.29) is 24.6 Å². The van der Waals surface area contributed by atoms with E-state index in [1.807, 2.05) is 35.2 Å². The normalized spacial score (nSPS) is 13.5. The molecule has 39 heavy (non-hydrogen) atoms. The van der Waals surface area contributed by atoms with E-state index < -0.39 is 11.5 Å². The van der Waals surface area contributed by atoms with Gasteiger partial charge in [0.1, 0.15) is 5.56 Å². The number of ether oxygens (including phenoxy) is 1. The largest absolute Gasteiger partial charge is 0.462 e. The summed E-state index contributed by atoms with van der Waals surface area (Å²) in [5.74, 6) is -0.774. The third-order valence-electron chi connectivity index (χ3n) is 6.84. The summed E-state index contributed by atoms with van der Waals surface area (Å²) in [5, 5.41) is 1.73. The summed E-state index contributed by atoms with van der Waals surface area (Å²) in [6.45, 7) is 3.81. The lowest BCUT2D eigenvalue weighted by molar-refractivity contribution is 0.0523. The lowest BCUT2D eigenvalue weighted by Crippen LogP contribution is -2.49. The third kappa shape index (κ3) is 5.51. The molecule has 1 aliphatic heterocycles. The Balaban J connectivity index is 1.57.